The van der Waals surface area contributed by atoms with Gasteiger partial charge in [-0.05, 0) is 73.1 Å². The van der Waals surface area contributed by atoms with E-state index in [9.17, 15) is 17.6 Å². The third-order valence-electron chi connectivity index (χ3n) is 7.62. The standard InChI is InChI=1S/C27H38F4/c1-2-3-4-5-6-7-8-20-9-11-21(12-10-20)22-13-15-23(16-14-22)24-17-18-26(28)25(19-24)27(29,30)31/h15,17-22H,2-14,16H2,1H3. The molecule has 0 nitrogen and oxygen atoms in total. The molecule has 0 aliphatic heterocycles. The van der Waals surface area contributed by atoms with E-state index in [2.05, 4.69) is 13.0 Å². The third-order valence-corrected chi connectivity index (χ3v) is 7.62. The monoisotopic (exact) mass is 438 g/mol. The number of hydrogen-bond donors (Lipinski definition) is 0. The Labute approximate surface area is 185 Å². The number of rotatable bonds is 9. The van der Waals surface area contributed by atoms with Crippen LogP contribution in [0, 0.1) is 23.6 Å². The number of halogens is 4. The lowest BCUT2D eigenvalue weighted by Gasteiger charge is -2.35. The van der Waals surface area contributed by atoms with Crippen LogP contribution in [0.3, 0.4) is 0 Å². The molecule has 0 saturated heterocycles. The molecule has 1 atom stereocenters. The molecular weight excluding hydrogens is 400 g/mol. The molecule has 1 fully saturated rings. The van der Waals surface area contributed by atoms with Crippen molar-refractivity contribution in [1.29, 1.82) is 0 Å². The number of hydrogen-bond acceptors (Lipinski definition) is 0. The van der Waals surface area contributed by atoms with Crippen LogP contribution in [0.5, 0.6) is 0 Å². The first-order chi connectivity index (χ1) is 14.9. The second-order valence-corrected chi connectivity index (χ2v) is 9.79. The first-order valence-electron chi connectivity index (χ1n) is 12.4. The molecule has 2 aliphatic rings. The van der Waals surface area contributed by atoms with Gasteiger partial charge in [-0.3, -0.25) is 0 Å². The van der Waals surface area contributed by atoms with Gasteiger partial charge in [0.15, 0.2) is 0 Å². The minimum absolute atomic E-state index is 0.523. The zero-order valence-corrected chi connectivity index (χ0v) is 19.0. The Morgan fingerprint density at radius 1 is 0.871 bits per heavy atom. The van der Waals surface area contributed by atoms with E-state index in [1.165, 1.54) is 76.7 Å². The molecule has 0 spiro atoms. The highest BCUT2D eigenvalue weighted by molar-refractivity contribution is 5.67. The van der Waals surface area contributed by atoms with Gasteiger partial charge in [-0.15, -0.1) is 0 Å². The molecule has 1 aromatic carbocycles. The minimum Gasteiger partial charge on any atom is -0.206 e. The maximum absolute atomic E-state index is 13.6. The van der Waals surface area contributed by atoms with Gasteiger partial charge < -0.3 is 0 Å². The van der Waals surface area contributed by atoms with Crippen molar-refractivity contribution in [2.24, 2.45) is 17.8 Å². The van der Waals surface area contributed by atoms with Gasteiger partial charge in [-0.25, -0.2) is 4.39 Å². The molecule has 1 saturated carbocycles. The van der Waals surface area contributed by atoms with Gasteiger partial charge in [-0.2, -0.15) is 13.2 Å². The smallest absolute Gasteiger partial charge is 0.206 e. The Hall–Kier alpha value is -1.32. The van der Waals surface area contributed by atoms with Crippen LogP contribution >= 0.6 is 0 Å². The van der Waals surface area contributed by atoms with E-state index in [0.717, 1.165) is 48.8 Å². The molecule has 0 N–H and O–H groups in total. The molecule has 1 unspecified atom stereocenters. The van der Waals surface area contributed by atoms with Crippen molar-refractivity contribution in [3.8, 4) is 0 Å². The van der Waals surface area contributed by atoms with Crippen LogP contribution in [-0.4, -0.2) is 0 Å². The lowest BCUT2D eigenvalue weighted by molar-refractivity contribution is -0.140. The fourth-order valence-electron chi connectivity index (χ4n) is 5.65. The summed E-state index contributed by atoms with van der Waals surface area (Å²) < 4.78 is 52.6. The van der Waals surface area contributed by atoms with E-state index < -0.39 is 17.6 Å². The fourth-order valence-corrected chi connectivity index (χ4v) is 5.65. The van der Waals surface area contributed by atoms with E-state index >= 15 is 0 Å². The minimum atomic E-state index is -4.65. The van der Waals surface area contributed by atoms with Crippen LogP contribution in [0.4, 0.5) is 17.6 Å². The highest BCUT2D eigenvalue weighted by Crippen LogP contribution is 2.43. The molecule has 0 bridgehead atoms. The molecule has 0 heterocycles. The molecule has 3 rings (SSSR count). The maximum Gasteiger partial charge on any atom is 0.419 e. The molecule has 174 valence electrons. The number of allylic oxidation sites excluding steroid dienone is 2. The summed E-state index contributed by atoms with van der Waals surface area (Å²) in [6, 6.07) is 3.43. The van der Waals surface area contributed by atoms with Crippen molar-refractivity contribution in [3.63, 3.8) is 0 Å². The Morgan fingerprint density at radius 3 is 2.23 bits per heavy atom. The van der Waals surface area contributed by atoms with Gasteiger partial charge in [0.1, 0.15) is 5.82 Å². The summed E-state index contributed by atoms with van der Waals surface area (Å²) in [5.74, 6) is 1.12. The first-order valence-corrected chi connectivity index (χ1v) is 12.4. The lowest BCUT2D eigenvalue weighted by Crippen LogP contribution is -2.23. The molecule has 0 amide bonds. The van der Waals surface area contributed by atoms with Crippen LogP contribution in [-0.2, 0) is 6.18 Å². The quantitative estimate of drug-likeness (QED) is 0.266. The van der Waals surface area contributed by atoms with Crippen LogP contribution in [0.25, 0.3) is 5.57 Å². The van der Waals surface area contributed by atoms with Gasteiger partial charge in [0.2, 0.25) is 0 Å². The molecular formula is C27H38F4. The summed E-state index contributed by atoms with van der Waals surface area (Å²) in [5, 5.41) is 0. The molecule has 0 aromatic heterocycles. The van der Waals surface area contributed by atoms with E-state index in [4.69, 9.17) is 0 Å². The molecule has 1 aromatic rings. The van der Waals surface area contributed by atoms with Crippen molar-refractivity contribution < 1.29 is 17.6 Å². The fraction of sp³-hybridized carbons (Fsp3) is 0.704. The van der Waals surface area contributed by atoms with E-state index in [0.29, 0.717) is 11.5 Å². The van der Waals surface area contributed by atoms with Crippen LogP contribution in [0.15, 0.2) is 24.3 Å². The summed E-state index contributed by atoms with van der Waals surface area (Å²) in [6.45, 7) is 2.26. The highest BCUT2D eigenvalue weighted by atomic mass is 19.4. The zero-order chi connectivity index (χ0) is 22.3. The highest BCUT2D eigenvalue weighted by Gasteiger charge is 2.35. The largest absolute Gasteiger partial charge is 0.419 e. The molecule has 31 heavy (non-hydrogen) atoms. The first kappa shape index (κ1) is 24.3. The van der Waals surface area contributed by atoms with E-state index in [1.807, 2.05) is 0 Å². The summed E-state index contributed by atoms with van der Waals surface area (Å²) in [5.41, 5.74) is 0.310. The summed E-state index contributed by atoms with van der Waals surface area (Å²) in [6.07, 6.45) is 15.2. The molecule has 2 aliphatic carbocycles. The third kappa shape index (κ3) is 7.08. The number of unbranched alkanes of at least 4 members (excludes halogenated alkanes) is 5. The van der Waals surface area contributed by atoms with Crippen molar-refractivity contribution in [1.82, 2.24) is 0 Å². The van der Waals surface area contributed by atoms with Gasteiger partial charge in [0.05, 0.1) is 5.56 Å². The Bertz CT molecular complexity index is 710. The average molecular weight is 439 g/mol. The van der Waals surface area contributed by atoms with E-state index in [-0.39, 0.29) is 0 Å². The normalized spacial score (nSPS) is 24.8. The summed E-state index contributed by atoms with van der Waals surface area (Å²) in [4.78, 5) is 0. The lowest BCUT2D eigenvalue weighted by atomic mass is 9.70. The summed E-state index contributed by atoms with van der Waals surface area (Å²) >= 11 is 0. The maximum atomic E-state index is 13.6. The van der Waals surface area contributed by atoms with E-state index in [1.54, 1.807) is 0 Å². The molecule has 0 radical (unpaired) electrons. The molecule has 4 heteroatoms. The second kappa shape index (κ2) is 11.5. The van der Waals surface area contributed by atoms with Gasteiger partial charge in [0, 0.05) is 0 Å². The second-order valence-electron chi connectivity index (χ2n) is 9.79. The van der Waals surface area contributed by atoms with Crippen LogP contribution in [0.2, 0.25) is 0 Å². The van der Waals surface area contributed by atoms with Crippen molar-refractivity contribution in [2.75, 3.05) is 0 Å². The predicted molar refractivity (Wildman–Crippen MR) is 120 cm³/mol. The van der Waals surface area contributed by atoms with Crippen molar-refractivity contribution >= 4 is 5.57 Å². The van der Waals surface area contributed by atoms with Crippen LogP contribution < -0.4 is 0 Å². The van der Waals surface area contributed by atoms with Crippen molar-refractivity contribution in [2.45, 2.75) is 103 Å². The van der Waals surface area contributed by atoms with Crippen LogP contribution in [0.1, 0.15) is 108 Å². The predicted octanol–water partition coefficient (Wildman–Crippen LogP) is 9.58. The van der Waals surface area contributed by atoms with Gasteiger partial charge in [-0.1, -0.05) is 76.9 Å². The number of benzene rings is 1. The van der Waals surface area contributed by atoms with Crippen molar-refractivity contribution in [3.05, 3.63) is 41.2 Å². The Morgan fingerprint density at radius 2 is 1.58 bits per heavy atom. The average Bonchev–Trinajstić information content (AvgIpc) is 2.76. The Kier molecular flexibility index (Phi) is 9.04. The SMILES string of the molecule is CCCCCCCCC1CCC(C2CC=C(c3ccc(F)c(C(F)(F)F)c3)CC2)CC1. The topological polar surface area (TPSA) is 0 Å². The number of alkyl halides is 3. The summed E-state index contributed by atoms with van der Waals surface area (Å²) in [7, 11) is 0. The van der Waals surface area contributed by atoms with Gasteiger partial charge >= 0.3 is 6.18 Å². The zero-order valence-electron chi connectivity index (χ0n) is 19.0. The Balaban J connectivity index is 1.44. The van der Waals surface area contributed by atoms with Gasteiger partial charge in [0.25, 0.3) is 0 Å².